The minimum absolute atomic E-state index is 0.597. The molecule has 0 bridgehead atoms. The van der Waals surface area contributed by atoms with Crippen LogP contribution in [0.25, 0.3) is 0 Å². The second-order valence-electron chi connectivity index (χ2n) is 5.49. The van der Waals surface area contributed by atoms with Gasteiger partial charge in [0.25, 0.3) is 0 Å². The van der Waals surface area contributed by atoms with Crippen LogP contribution in [0.2, 0.25) is 0 Å². The van der Waals surface area contributed by atoms with E-state index in [9.17, 15) is 0 Å². The van der Waals surface area contributed by atoms with Gasteiger partial charge in [0.1, 0.15) is 0 Å². The Bertz CT molecular complexity index is 269. The first-order chi connectivity index (χ1) is 9.40. The van der Waals surface area contributed by atoms with Crippen molar-refractivity contribution in [3.05, 3.63) is 23.8 Å². The number of hydrogen-bond acceptors (Lipinski definition) is 1. The summed E-state index contributed by atoms with van der Waals surface area (Å²) in [6.45, 7) is 7.27. The SMILES string of the molecule is CC.CCNC1C=CC(C2CCCCCC2)=CCC1. The number of allylic oxidation sites excluding steroid dienone is 3. The van der Waals surface area contributed by atoms with Crippen LogP contribution in [-0.2, 0) is 0 Å². The monoisotopic (exact) mass is 263 g/mol. The molecule has 2 aliphatic rings. The smallest absolute Gasteiger partial charge is 0.0255 e. The van der Waals surface area contributed by atoms with E-state index in [0.717, 1.165) is 12.5 Å². The zero-order chi connectivity index (χ0) is 13.9. The number of rotatable bonds is 3. The van der Waals surface area contributed by atoms with E-state index in [1.165, 1.54) is 51.4 Å². The molecule has 2 aliphatic carbocycles. The summed E-state index contributed by atoms with van der Waals surface area (Å²) in [5.41, 5.74) is 1.63. The van der Waals surface area contributed by atoms with Gasteiger partial charge in [0.15, 0.2) is 0 Å². The Hall–Kier alpha value is -0.560. The van der Waals surface area contributed by atoms with Gasteiger partial charge in [-0.2, -0.15) is 0 Å². The molecule has 0 spiro atoms. The predicted molar refractivity (Wildman–Crippen MR) is 86.5 cm³/mol. The largest absolute Gasteiger partial charge is 0.311 e. The van der Waals surface area contributed by atoms with Crippen molar-refractivity contribution >= 4 is 0 Å². The maximum atomic E-state index is 3.54. The summed E-state index contributed by atoms with van der Waals surface area (Å²) in [6.07, 6.45) is 18.4. The number of likely N-dealkylation sites (N-methyl/N-ethyl adjacent to an activating group) is 1. The summed E-state index contributed by atoms with van der Waals surface area (Å²) >= 11 is 0. The molecule has 110 valence electrons. The normalized spacial score (nSPS) is 24.8. The maximum Gasteiger partial charge on any atom is 0.0255 e. The summed E-state index contributed by atoms with van der Waals surface area (Å²) in [5, 5.41) is 3.54. The van der Waals surface area contributed by atoms with Crippen LogP contribution in [0.3, 0.4) is 0 Å². The molecule has 0 aromatic heterocycles. The fourth-order valence-electron chi connectivity index (χ4n) is 3.17. The highest BCUT2D eigenvalue weighted by atomic mass is 14.9. The Morgan fingerprint density at radius 2 is 1.74 bits per heavy atom. The molecule has 0 aromatic carbocycles. The van der Waals surface area contributed by atoms with Gasteiger partial charge in [-0.1, -0.05) is 64.7 Å². The van der Waals surface area contributed by atoms with E-state index in [-0.39, 0.29) is 0 Å². The average molecular weight is 263 g/mol. The molecule has 1 N–H and O–H groups in total. The standard InChI is InChI=1S/C16H27N.C2H6/c1-2-17-16-11-7-10-15(12-13-16)14-8-5-3-4-6-9-14;1-2/h10,12-14,16-17H,2-9,11H2,1H3;1-2H3. The molecule has 1 heteroatoms. The third-order valence-corrected chi connectivity index (χ3v) is 4.17. The molecule has 0 radical (unpaired) electrons. The molecule has 1 saturated carbocycles. The average Bonchev–Trinajstić information content (AvgIpc) is 2.84. The van der Waals surface area contributed by atoms with E-state index in [0.29, 0.717) is 6.04 Å². The van der Waals surface area contributed by atoms with Gasteiger partial charge < -0.3 is 5.32 Å². The van der Waals surface area contributed by atoms with Crippen molar-refractivity contribution in [1.82, 2.24) is 5.32 Å². The van der Waals surface area contributed by atoms with E-state index < -0.39 is 0 Å². The summed E-state index contributed by atoms with van der Waals surface area (Å²) < 4.78 is 0. The van der Waals surface area contributed by atoms with Crippen molar-refractivity contribution in [3.8, 4) is 0 Å². The Kier molecular flexibility index (Phi) is 8.90. The number of hydrogen-bond donors (Lipinski definition) is 1. The molecule has 1 unspecified atom stereocenters. The summed E-state index contributed by atoms with van der Waals surface area (Å²) in [4.78, 5) is 0. The van der Waals surface area contributed by atoms with Crippen molar-refractivity contribution in [3.63, 3.8) is 0 Å². The van der Waals surface area contributed by atoms with Crippen molar-refractivity contribution in [1.29, 1.82) is 0 Å². The van der Waals surface area contributed by atoms with Gasteiger partial charge in [-0.3, -0.25) is 0 Å². The Morgan fingerprint density at radius 1 is 1.05 bits per heavy atom. The molecule has 1 atom stereocenters. The van der Waals surface area contributed by atoms with Crippen LogP contribution in [0.15, 0.2) is 23.8 Å². The van der Waals surface area contributed by atoms with Crippen LogP contribution in [-0.4, -0.2) is 12.6 Å². The fraction of sp³-hybridized carbons (Fsp3) is 0.778. The highest BCUT2D eigenvalue weighted by Gasteiger charge is 2.16. The molecular formula is C18H33N. The lowest BCUT2D eigenvalue weighted by atomic mass is 9.91. The molecule has 2 rings (SSSR count). The van der Waals surface area contributed by atoms with Gasteiger partial charge in [-0.15, -0.1) is 0 Å². The van der Waals surface area contributed by atoms with Gasteiger partial charge >= 0.3 is 0 Å². The summed E-state index contributed by atoms with van der Waals surface area (Å²) in [6, 6.07) is 0.597. The summed E-state index contributed by atoms with van der Waals surface area (Å²) in [7, 11) is 0. The van der Waals surface area contributed by atoms with Gasteiger partial charge in [0.2, 0.25) is 0 Å². The Morgan fingerprint density at radius 3 is 2.37 bits per heavy atom. The van der Waals surface area contributed by atoms with E-state index in [4.69, 9.17) is 0 Å². The topological polar surface area (TPSA) is 12.0 Å². The molecule has 1 nitrogen and oxygen atoms in total. The maximum absolute atomic E-state index is 3.54. The van der Waals surface area contributed by atoms with Gasteiger partial charge in [-0.05, 0) is 43.7 Å². The van der Waals surface area contributed by atoms with E-state index in [1.807, 2.05) is 13.8 Å². The second kappa shape index (κ2) is 10.3. The Balaban J connectivity index is 0.000000861. The van der Waals surface area contributed by atoms with E-state index >= 15 is 0 Å². The van der Waals surface area contributed by atoms with Gasteiger partial charge in [-0.25, -0.2) is 0 Å². The Labute approximate surface area is 120 Å². The highest BCUT2D eigenvalue weighted by molar-refractivity contribution is 5.25. The molecule has 0 aliphatic heterocycles. The van der Waals surface area contributed by atoms with Gasteiger partial charge in [0.05, 0.1) is 0 Å². The lowest BCUT2D eigenvalue weighted by Gasteiger charge is -2.15. The van der Waals surface area contributed by atoms with E-state index in [1.54, 1.807) is 5.57 Å². The summed E-state index contributed by atoms with van der Waals surface area (Å²) in [5.74, 6) is 0.856. The lowest BCUT2D eigenvalue weighted by molar-refractivity contribution is 0.538. The van der Waals surface area contributed by atoms with Crippen molar-refractivity contribution < 1.29 is 0 Å². The first kappa shape index (κ1) is 16.5. The molecule has 1 fully saturated rings. The van der Waals surface area contributed by atoms with Crippen LogP contribution in [0.4, 0.5) is 0 Å². The first-order valence-corrected chi connectivity index (χ1v) is 8.52. The fourth-order valence-corrected chi connectivity index (χ4v) is 3.17. The zero-order valence-electron chi connectivity index (χ0n) is 13.3. The van der Waals surface area contributed by atoms with Crippen molar-refractivity contribution in [2.75, 3.05) is 6.54 Å². The molecule has 19 heavy (non-hydrogen) atoms. The predicted octanol–water partition coefficient (Wildman–Crippen LogP) is 5.24. The highest BCUT2D eigenvalue weighted by Crippen LogP contribution is 2.30. The molecule has 0 amide bonds. The van der Waals surface area contributed by atoms with E-state index in [2.05, 4.69) is 30.5 Å². The van der Waals surface area contributed by atoms with Gasteiger partial charge in [0, 0.05) is 6.04 Å². The first-order valence-electron chi connectivity index (χ1n) is 8.52. The van der Waals surface area contributed by atoms with Crippen LogP contribution in [0, 0.1) is 5.92 Å². The van der Waals surface area contributed by atoms with Crippen LogP contribution >= 0.6 is 0 Å². The van der Waals surface area contributed by atoms with Crippen LogP contribution < -0.4 is 5.32 Å². The third-order valence-electron chi connectivity index (χ3n) is 4.17. The van der Waals surface area contributed by atoms with Crippen molar-refractivity contribution in [2.45, 2.75) is 78.2 Å². The lowest BCUT2D eigenvalue weighted by Crippen LogP contribution is -2.26. The minimum Gasteiger partial charge on any atom is -0.311 e. The number of nitrogens with one attached hydrogen (secondary N) is 1. The molecular weight excluding hydrogens is 230 g/mol. The minimum atomic E-state index is 0.597. The van der Waals surface area contributed by atoms with Crippen LogP contribution in [0.5, 0.6) is 0 Å². The van der Waals surface area contributed by atoms with Crippen LogP contribution in [0.1, 0.15) is 72.1 Å². The molecule has 0 heterocycles. The third kappa shape index (κ3) is 5.95. The zero-order valence-corrected chi connectivity index (χ0v) is 13.3. The second-order valence-corrected chi connectivity index (χ2v) is 5.49. The molecule has 0 aromatic rings. The van der Waals surface area contributed by atoms with Crippen molar-refractivity contribution in [2.24, 2.45) is 5.92 Å². The quantitative estimate of drug-likeness (QED) is 0.687. The molecule has 0 saturated heterocycles.